The third kappa shape index (κ3) is 3.02. The van der Waals surface area contributed by atoms with Crippen LogP contribution in [0, 0.1) is 5.92 Å². The number of carbonyl (C=O) groups is 1. The van der Waals surface area contributed by atoms with Gasteiger partial charge in [0.25, 0.3) is 5.91 Å². The quantitative estimate of drug-likeness (QED) is 0.764. The molecule has 110 valence electrons. The maximum absolute atomic E-state index is 12.6. The van der Waals surface area contributed by atoms with Crippen LogP contribution in [-0.2, 0) is 12.2 Å². The van der Waals surface area contributed by atoms with Gasteiger partial charge in [-0.3, -0.25) is 4.79 Å². The van der Waals surface area contributed by atoms with Crippen molar-refractivity contribution in [2.75, 3.05) is 18.8 Å². The van der Waals surface area contributed by atoms with Crippen LogP contribution in [0.4, 0.5) is 0 Å². The van der Waals surface area contributed by atoms with Gasteiger partial charge in [0.15, 0.2) is 0 Å². The smallest absolute Gasteiger partial charge is 0.263 e. The minimum atomic E-state index is 0.221. The molecule has 0 saturated carbocycles. The molecule has 5 heteroatoms. The largest absolute Gasteiger partial charge is 0.338 e. The average Bonchev–Trinajstić information content (AvgIpc) is 2.90. The number of fused-ring (bicyclic) bond motifs is 1. The van der Waals surface area contributed by atoms with Crippen LogP contribution >= 0.6 is 34.7 Å². The third-order valence-electron chi connectivity index (χ3n) is 4.31. The van der Waals surface area contributed by atoms with Crippen LogP contribution in [0.2, 0.25) is 0 Å². The first-order chi connectivity index (χ1) is 9.65. The number of thiophene rings is 1. The van der Waals surface area contributed by atoms with Gasteiger partial charge in [0.2, 0.25) is 0 Å². The second kappa shape index (κ2) is 6.29. The van der Waals surface area contributed by atoms with Crippen LogP contribution in [0.3, 0.4) is 0 Å². The average molecular weight is 330 g/mol. The highest BCUT2D eigenvalue weighted by molar-refractivity contribution is 7.98. The minimum Gasteiger partial charge on any atom is -0.338 e. The fourth-order valence-electron chi connectivity index (χ4n) is 2.97. The molecule has 1 atom stereocenters. The lowest BCUT2D eigenvalue weighted by Crippen LogP contribution is -2.39. The van der Waals surface area contributed by atoms with Crippen LogP contribution in [0.1, 0.15) is 39.9 Å². The Bertz CT molecular complexity index is 469. The van der Waals surface area contributed by atoms with Crippen molar-refractivity contribution in [3.63, 3.8) is 0 Å². The number of aryl methyl sites for hydroxylation is 1. The van der Waals surface area contributed by atoms with Gasteiger partial charge in [-0.05, 0) is 49.5 Å². The standard InChI is InChI=1S/C15H20ClNOS2/c1-10(16)11-2-5-17(6-3-11)15(18)14-8-12-9-19-7-4-13(12)20-14/h8,10-11H,2-7,9H2,1H3. The zero-order valence-electron chi connectivity index (χ0n) is 11.7. The van der Waals surface area contributed by atoms with Crippen molar-refractivity contribution in [1.82, 2.24) is 4.90 Å². The van der Waals surface area contributed by atoms with Crippen LogP contribution in [-0.4, -0.2) is 35.0 Å². The van der Waals surface area contributed by atoms with Crippen molar-refractivity contribution in [3.8, 4) is 0 Å². The van der Waals surface area contributed by atoms with Gasteiger partial charge in [-0.2, -0.15) is 11.8 Å². The van der Waals surface area contributed by atoms with E-state index in [1.165, 1.54) is 16.2 Å². The number of hydrogen-bond acceptors (Lipinski definition) is 3. The first-order valence-electron chi connectivity index (χ1n) is 7.28. The maximum Gasteiger partial charge on any atom is 0.263 e. The monoisotopic (exact) mass is 329 g/mol. The summed E-state index contributed by atoms with van der Waals surface area (Å²) in [6.07, 6.45) is 3.21. The summed E-state index contributed by atoms with van der Waals surface area (Å²) in [6.45, 7) is 3.78. The van der Waals surface area contributed by atoms with E-state index in [-0.39, 0.29) is 11.3 Å². The molecule has 1 unspecified atom stereocenters. The van der Waals surface area contributed by atoms with Crippen LogP contribution in [0.15, 0.2) is 6.07 Å². The molecule has 3 heterocycles. The molecule has 3 rings (SSSR count). The first kappa shape index (κ1) is 14.7. The Morgan fingerprint density at radius 2 is 2.20 bits per heavy atom. The Labute approximate surface area is 133 Å². The molecule has 1 amide bonds. The van der Waals surface area contributed by atoms with E-state index in [1.54, 1.807) is 11.3 Å². The summed E-state index contributed by atoms with van der Waals surface area (Å²) in [5.41, 5.74) is 1.39. The molecule has 2 aliphatic rings. The second-order valence-electron chi connectivity index (χ2n) is 5.67. The number of alkyl halides is 1. The zero-order chi connectivity index (χ0) is 14.1. The molecule has 2 aliphatic heterocycles. The Hall–Kier alpha value is -0.190. The van der Waals surface area contributed by atoms with Crippen LogP contribution in [0.5, 0.6) is 0 Å². The molecule has 1 aromatic rings. The van der Waals surface area contributed by atoms with Gasteiger partial charge in [0.05, 0.1) is 4.88 Å². The van der Waals surface area contributed by atoms with E-state index in [1.807, 2.05) is 16.7 Å². The van der Waals surface area contributed by atoms with Crippen LogP contribution < -0.4 is 0 Å². The van der Waals surface area contributed by atoms with Crippen molar-refractivity contribution < 1.29 is 4.79 Å². The van der Waals surface area contributed by atoms with Gasteiger partial charge >= 0.3 is 0 Å². The Morgan fingerprint density at radius 3 is 2.85 bits per heavy atom. The molecule has 0 aliphatic carbocycles. The normalized spacial score (nSPS) is 21.6. The second-order valence-corrected chi connectivity index (χ2v) is 8.60. The molecule has 0 bridgehead atoms. The molecular weight excluding hydrogens is 310 g/mol. The van der Waals surface area contributed by atoms with Crippen molar-refractivity contribution in [2.45, 2.75) is 37.3 Å². The van der Waals surface area contributed by atoms with Gasteiger partial charge in [-0.25, -0.2) is 0 Å². The lowest BCUT2D eigenvalue weighted by Gasteiger charge is -2.32. The highest BCUT2D eigenvalue weighted by atomic mass is 35.5. The summed E-state index contributed by atoms with van der Waals surface area (Å²) in [5, 5.41) is 0.221. The SMILES string of the molecule is CC(Cl)C1CCN(C(=O)c2cc3c(s2)CCSC3)CC1. The number of likely N-dealkylation sites (tertiary alicyclic amines) is 1. The van der Waals surface area contributed by atoms with Crippen molar-refractivity contribution >= 4 is 40.6 Å². The van der Waals surface area contributed by atoms with Crippen molar-refractivity contribution in [1.29, 1.82) is 0 Å². The molecule has 1 aromatic heterocycles. The number of hydrogen-bond donors (Lipinski definition) is 0. The molecule has 0 aromatic carbocycles. The van der Waals surface area contributed by atoms with Gasteiger partial charge in [0, 0.05) is 29.1 Å². The molecule has 20 heavy (non-hydrogen) atoms. The molecular formula is C15H20ClNOS2. The summed E-state index contributed by atoms with van der Waals surface area (Å²) in [6, 6.07) is 2.13. The fourth-order valence-corrected chi connectivity index (χ4v) is 5.56. The number of halogens is 1. The number of carbonyl (C=O) groups excluding carboxylic acids is 1. The van der Waals surface area contributed by atoms with E-state index in [4.69, 9.17) is 11.6 Å². The Morgan fingerprint density at radius 1 is 1.45 bits per heavy atom. The van der Waals surface area contributed by atoms with E-state index < -0.39 is 0 Å². The van der Waals surface area contributed by atoms with Crippen molar-refractivity contribution in [2.24, 2.45) is 5.92 Å². The lowest BCUT2D eigenvalue weighted by atomic mass is 9.94. The highest BCUT2D eigenvalue weighted by Crippen LogP contribution is 2.33. The minimum absolute atomic E-state index is 0.221. The number of rotatable bonds is 2. The van der Waals surface area contributed by atoms with E-state index >= 15 is 0 Å². The molecule has 0 spiro atoms. The van der Waals surface area contributed by atoms with E-state index in [9.17, 15) is 4.79 Å². The number of piperidine rings is 1. The number of thioether (sulfide) groups is 1. The van der Waals surface area contributed by atoms with Gasteiger partial charge in [-0.1, -0.05) is 0 Å². The summed E-state index contributed by atoms with van der Waals surface area (Å²) in [5.74, 6) is 3.06. The summed E-state index contributed by atoms with van der Waals surface area (Å²) < 4.78 is 0. The topological polar surface area (TPSA) is 20.3 Å². The summed E-state index contributed by atoms with van der Waals surface area (Å²) in [7, 11) is 0. The van der Waals surface area contributed by atoms with E-state index in [2.05, 4.69) is 13.0 Å². The van der Waals surface area contributed by atoms with Crippen molar-refractivity contribution in [3.05, 3.63) is 21.4 Å². The predicted octanol–water partition coefficient (Wildman–Crippen LogP) is 4.02. The number of amides is 1. The summed E-state index contributed by atoms with van der Waals surface area (Å²) >= 11 is 9.85. The fraction of sp³-hybridized carbons (Fsp3) is 0.667. The van der Waals surface area contributed by atoms with Crippen LogP contribution in [0.25, 0.3) is 0 Å². The van der Waals surface area contributed by atoms with E-state index in [0.29, 0.717) is 5.92 Å². The first-order valence-corrected chi connectivity index (χ1v) is 9.68. The molecule has 2 nitrogen and oxygen atoms in total. The van der Waals surface area contributed by atoms with E-state index in [0.717, 1.165) is 43.0 Å². The maximum atomic E-state index is 12.6. The predicted molar refractivity (Wildman–Crippen MR) is 88.1 cm³/mol. The van der Waals surface area contributed by atoms with Gasteiger partial charge < -0.3 is 4.90 Å². The van der Waals surface area contributed by atoms with Gasteiger partial charge in [-0.15, -0.1) is 22.9 Å². The lowest BCUT2D eigenvalue weighted by molar-refractivity contribution is 0.0695. The van der Waals surface area contributed by atoms with Gasteiger partial charge in [0.1, 0.15) is 0 Å². The molecule has 1 saturated heterocycles. The highest BCUT2D eigenvalue weighted by Gasteiger charge is 2.27. The molecule has 0 N–H and O–H groups in total. The Kier molecular flexibility index (Phi) is 4.63. The Balaban J connectivity index is 1.66. The summed E-state index contributed by atoms with van der Waals surface area (Å²) in [4.78, 5) is 17.0. The zero-order valence-corrected chi connectivity index (χ0v) is 14.1. The third-order valence-corrected chi connectivity index (χ3v) is 6.90. The molecule has 1 fully saturated rings. The molecule has 0 radical (unpaired) electrons. The number of nitrogens with zero attached hydrogens (tertiary/aromatic N) is 1.